The van der Waals surface area contributed by atoms with Gasteiger partial charge in [0.25, 0.3) is 17.3 Å². The molecule has 2 unspecified atom stereocenters. The summed E-state index contributed by atoms with van der Waals surface area (Å²) in [6.45, 7) is 2.92. The fourth-order valence-electron chi connectivity index (χ4n) is 4.28. The van der Waals surface area contributed by atoms with Gasteiger partial charge >= 0.3 is 23.7 Å². The van der Waals surface area contributed by atoms with Crippen LogP contribution in [0.25, 0.3) is 0 Å². The van der Waals surface area contributed by atoms with Gasteiger partial charge in [0, 0.05) is 0 Å². The minimum Gasteiger partial charge on any atom is -0.247 e. The molecule has 2 bridgehead atoms. The molecule has 2 saturated carbocycles. The number of rotatable bonds is 4. The SMILES string of the molecule is C=CC1(F)C(F)(F)C2(C=C)C(F)(F)C(F)(CF)C(F)(F)C(C=C)(C1(F)F)C2(F)F. The molecule has 29 heavy (non-hydrogen) atoms. The summed E-state index contributed by atoms with van der Waals surface area (Å²) in [6.07, 6.45) is -3.54. The maximum absolute atomic E-state index is 15.0. The van der Waals surface area contributed by atoms with Gasteiger partial charge in [0.15, 0.2) is 10.8 Å². The van der Waals surface area contributed by atoms with Gasteiger partial charge in [-0.15, -0.1) is 13.2 Å². The molecule has 0 aromatic rings. The third kappa shape index (κ3) is 1.55. The minimum atomic E-state index is -6.85. The van der Waals surface area contributed by atoms with Crippen molar-refractivity contribution in [2.75, 3.05) is 6.67 Å². The molecule has 2 aliphatic carbocycles. The van der Waals surface area contributed by atoms with Crippen LogP contribution in [0.3, 0.4) is 0 Å². The second-order valence-corrected chi connectivity index (χ2v) is 6.75. The van der Waals surface area contributed by atoms with E-state index in [-0.39, 0.29) is 0 Å². The molecular formula is C16H11F13. The average Bonchev–Trinajstić information content (AvgIpc) is 2.58. The van der Waals surface area contributed by atoms with E-state index in [1.807, 2.05) is 0 Å². The van der Waals surface area contributed by atoms with Crippen molar-refractivity contribution < 1.29 is 57.1 Å². The molecule has 0 N–H and O–H groups in total. The van der Waals surface area contributed by atoms with Gasteiger partial charge < -0.3 is 0 Å². The first-order valence-corrected chi connectivity index (χ1v) is 7.48. The zero-order valence-corrected chi connectivity index (χ0v) is 14.0. The Balaban J connectivity index is 3.39. The molecule has 2 fully saturated rings. The quantitative estimate of drug-likeness (QED) is 0.359. The van der Waals surface area contributed by atoms with Crippen molar-refractivity contribution in [2.45, 2.75) is 41.0 Å². The molecular weight excluding hydrogens is 439 g/mol. The molecule has 0 nitrogen and oxygen atoms in total. The lowest BCUT2D eigenvalue weighted by atomic mass is 9.40. The van der Waals surface area contributed by atoms with E-state index in [0.717, 1.165) is 0 Å². The van der Waals surface area contributed by atoms with E-state index in [2.05, 4.69) is 19.7 Å². The largest absolute Gasteiger partial charge is 0.311 e. The Hall–Kier alpha value is -1.69. The molecule has 0 radical (unpaired) electrons. The highest BCUT2D eigenvalue weighted by Gasteiger charge is 3.09. The number of allylic oxidation sites excluding steroid dienone is 3. The van der Waals surface area contributed by atoms with Crippen molar-refractivity contribution in [3.8, 4) is 0 Å². The maximum Gasteiger partial charge on any atom is 0.311 e. The van der Waals surface area contributed by atoms with E-state index in [4.69, 9.17) is 0 Å². The lowest BCUT2D eigenvalue weighted by Gasteiger charge is -2.70. The Labute approximate surface area is 154 Å². The molecule has 166 valence electrons. The number of hydrogen-bond donors (Lipinski definition) is 0. The van der Waals surface area contributed by atoms with Gasteiger partial charge in [-0.2, -0.15) is 0 Å². The third-order valence-electron chi connectivity index (χ3n) is 5.96. The van der Waals surface area contributed by atoms with Gasteiger partial charge in [-0.05, 0) is 6.08 Å². The van der Waals surface area contributed by atoms with E-state index in [9.17, 15) is 48.3 Å². The minimum absolute atomic E-state index is 1.12. The molecule has 0 saturated heterocycles. The van der Waals surface area contributed by atoms with Crippen LogP contribution < -0.4 is 0 Å². The maximum atomic E-state index is 15.0. The summed E-state index contributed by atoms with van der Waals surface area (Å²) in [6, 6.07) is 0. The molecule has 2 aliphatic rings. The Morgan fingerprint density at radius 3 is 1.00 bits per heavy atom. The van der Waals surface area contributed by atoms with Gasteiger partial charge in [0.1, 0.15) is 6.67 Å². The van der Waals surface area contributed by atoms with Crippen LogP contribution in [0.5, 0.6) is 0 Å². The predicted octanol–water partition coefficient (Wildman–Crippen LogP) is 6.11. The van der Waals surface area contributed by atoms with Crippen LogP contribution in [-0.4, -0.2) is 47.6 Å². The Kier molecular flexibility index (Phi) is 4.32. The molecule has 2 rings (SSSR count). The molecule has 0 aliphatic heterocycles. The highest BCUT2D eigenvalue weighted by molar-refractivity contribution is 5.48. The fraction of sp³-hybridized carbons (Fsp3) is 0.625. The Morgan fingerprint density at radius 2 is 0.793 bits per heavy atom. The van der Waals surface area contributed by atoms with Crippen LogP contribution >= 0.6 is 0 Å². The van der Waals surface area contributed by atoms with E-state index in [0.29, 0.717) is 0 Å². The molecule has 13 heteroatoms. The van der Waals surface area contributed by atoms with Gasteiger partial charge in [-0.3, -0.25) is 0 Å². The zero-order valence-electron chi connectivity index (χ0n) is 14.0. The Bertz CT molecular complexity index is 717. The molecule has 0 heterocycles. The molecule has 0 aromatic carbocycles. The first-order valence-electron chi connectivity index (χ1n) is 7.48. The molecule has 0 amide bonds. The van der Waals surface area contributed by atoms with Crippen LogP contribution in [0.4, 0.5) is 57.1 Å². The monoisotopic (exact) mass is 450 g/mol. The van der Waals surface area contributed by atoms with Gasteiger partial charge in [-0.1, -0.05) is 18.7 Å². The lowest BCUT2D eigenvalue weighted by molar-refractivity contribution is -0.521. The van der Waals surface area contributed by atoms with Crippen molar-refractivity contribution in [1.82, 2.24) is 0 Å². The number of fused-ring (bicyclic) bond motifs is 2. The van der Waals surface area contributed by atoms with E-state index < -0.39 is 76.7 Å². The molecule has 0 spiro atoms. The summed E-state index contributed by atoms with van der Waals surface area (Å²) in [5.41, 5.74) is -24.5. The molecule has 0 aromatic heterocycles. The summed E-state index contributed by atoms with van der Waals surface area (Å²) >= 11 is 0. The zero-order chi connectivity index (χ0) is 23.3. The summed E-state index contributed by atoms with van der Waals surface area (Å²) < 4.78 is 191. The van der Waals surface area contributed by atoms with Crippen molar-refractivity contribution in [2.24, 2.45) is 10.8 Å². The number of halogens is 13. The van der Waals surface area contributed by atoms with Crippen LogP contribution in [-0.2, 0) is 0 Å². The van der Waals surface area contributed by atoms with E-state index in [1.54, 1.807) is 0 Å². The Morgan fingerprint density at radius 1 is 0.483 bits per heavy atom. The van der Waals surface area contributed by atoms with Crippen molar-refractivity contribution in [3.05, 3.63) is 38.0 Å². The summed E-state index contributed by atoms with van der Waals surface area (Å²) in [4.78, 5) is 0. The van der Waals surface area contributed by atoms with Crippen molar-refractivity contribution >= 4 is 0 Å². The van der Waals surface area contributed by atoms with E-state index >= 15 is 8.78 Å². The van der Waals surface area contributed by atoms with Crippen molar-refractivity contribution in [3.63, 3.8) is 0 Å². The van der Waals surface area contributed by atoms with Crippen LogP contribution in [0.1, 0.15) is 0 Å². The topological polar surface area (TPSA) is 0 Å². The fourth-order valence-corrected chi connectivity index (χ4v) is 4.28. The van der Waals surface area contributed by atoms with Gasteiger partial charge in [-0.25, -0.2) is 57.1 Å². The third-order valence-corrected chi connectivity index (χ3v) is 5.96. The summed E-state index contributed by atoms with van der Waals surface area (Å²) in [7, 11) is 0. The van der Waals surface area contributed by atoms with Gasteiger partial charge in [0.05, 0.1) is 0 Å². The smallest absolute Gasteiger partial charge is 0.247 e. The second-order valence-electron chi connectivity index (χ2n) is 6.75. The highest BCUT2D eigenvalue weighted by atomic mass is 19.3. The summed E-state index contributed by atoms with van der Waals surface area (Å²) in [5, 5.41) is 0. The predicted molar refractivity (Wildman–Crippen MR) is 73.8 cm³/mol. The van der Waals surface area contributed by atoms with Crippen LogP contribution in [0.2, 0.25) is 0 Å². The number of alkyl halides is 13. The van der Waals surface area contributed by atoms with Gasteiger partial charge in [0.2, 0.25) is 0 Å². The van der Waals surface area contributed by atoms with E-state index in [1.165, 1.54) is 0 Å². The van der Waals surface area contributed by atoms with Crippen LogP contribution in [0, 0.1) is 10.8 Å². The summed E-state index contributed by atoms with van der Waals surface area (Å²) in [5.74, 6) is -33.8. The first-order chi connectivity index (χ1) is 12.7. The second kappa shape index (κ2) is 5.32. The standard InChI is InChI=1S/C16H11F13/c1-4-8-12(20,21)9(5-2,14(24,25)10(18,6-3)13(8,22)23)16(28,29)11(19,7-17)15(8,26)27/h4-6H,1-3,7H2. The normalized spacial score (nSPS) is 45.8. The highest BCUT2D eigenvalue weighted by Crippen LogP contribution is 2.85. The first kappa shape index (κ1) is 23.6. The number of hydrogen-bond acceptors (Lipinski definition) is 0. The van der Waals surface area contributed by atoms with Crippen LogP contribution in [0.15, 0.2) is 38.0 Å². The van der Waals surface area contributed by atoms with Crippen molar-refractivity contribution in [1.29, 1.82) is 0 Å². The molecule has 2 atom stereocenters. The lowest BCUT2D eigenvalue weighted by Crippen LogP contribution is -2.95. The average molecular weight is 450 g/mol.